The highest BCUT2D eigenvalue weighted by molar-refractivity contribution is 6.01. The Morgan fingerprint density at radius 3 is 2.45 bits per heavy atom. The van der Waals surface area contributed by atoms with Crippen molar-refractivity contribution in [2.24, 2.45) is 0 Å². The van der Waals surface area contributed by atoms with Gasteiger partial charge in [0.2, 0.25) is 5.91 Å². The van der Waals surface area contributed by atoms with E-state index in [0.29, 0.717) is 0 Å². The van der Waals surface area contributed by atoms with Crippen LogP contribution in [0.4, 0.5) is 0 Å². The fourth-order valence-corrected chi connectivity index (χ4v) is 2.58. The molecule has 20 heavy (non-hydrogen) atoms. The first-order valence-electron chi connectivity index (χ1n) is 6.76. The van der Waals surface area contributed by atoms with E-state index < -0.39 is 0 Å². The first-order valence-corrected chi connectivity index (χ1v) is 6.76. The first kappa shape index (κ1) is 12.7. The number of aromatic nitrogens is 1. The Morgan fingerprint density at radius 1 is 1.00 bits per heavy atom. The summed E-state index contributed by atoms with van der Waals surface area (Å²) in [5.74, 6) is 0.0382. The van der Waals surface area contributed by atoms with Gasteiger partial charge >= 0.3 is 0 Å². The molecule has 0 fully saturated rings. The van der Waals surface area contributed by atoms with E-state index in [9.17, 15) is 4.79 Å². The number of aryl methyl sites for hydroxylation is 2. The molecule has 1 heterocycles. The van der Waals surface area contributed by atoms with E-state index in [1.54, 1.807) is 11.5 Å². The number of carbonyl (C=O) groups excluding carboxylic acids is 1. The Morgan fingerprint density at radius 2 is 1.75 bits per heavy atom. The predicted octanol–water partition coefficient (Wildman–Crippen LogP) is 4.59. The maximum atomic E-state index is 11.8. The molecule has 0 aliphatic heterocycles. The van der Waals surface area contributed by atoms with Crippen molar-refractivity contribution in [2.75, 3.05) is 0 Å². The standard InChI is InChI=1S/C18H17NO/c1-12-8-9-15(10-13(12)2)17-11-19(14(3)20)18-7-5-4-6-16(17)18/h4-11H,1-3H3. The largest absolute Gasteiger partial charge is 0.287 e. The average Bonchev–Trinajstić information content (AvgIpc) is 2.82. The second-order valence-corrected chi connectivity index (χ2v) is 5.25. The quantitative estimate of drug-likeness (QED) is 0.629. The number of fused-ring (bicyclic) bond motifs is 1. The van der Waals surface area contributed by atoms with Crippen molar-refractivity contribution in [3.05, 3.63) is 59.8 Å². The minimum Gasteiger partial charge on any atom is -0.287 e. The van der Waals surface area contributed by atoms with Gasteiger partial charge in [-0.15, -0.1) is 0 Å². The van der Waals surface area contributed by atoms with Crippen LogP contribution in [0.2, 0.25) is 0 Å². The molecule has 0 atom stereocenters. The molecule has 0 radical (unpaired) electrons. The molecule has 100 valence electrons. The summed E-state index contributed by atoms with van der Waals surface area (Å²) in [6, 6.07) is 14.5. The molecule has 3 rings (SSSR count). The van der Waals surface area contributed by atoms with Crippen LogP contribution in [0.1, 0.15) is 22.8 Å². The highest BCUT2D eigenvalue weighted by Gasteiger charge is 2.12. The maximum absolute atomic E-state index is 11.8. The van der Waals surface area contributed by atoms with Crippen molar-refractivity contribution in [3.63, 3.8) is 0 Å². The van der Waals surface area contributed by atoms with Crippen molar-refractivity contribution in [2.45, 2.75) is 20.8 Å². The molecule has 2 aromatic carbocycles. The lowest BCUT2D eigenvalue weighted by atomic mass is 10.0. The van der Waals surface area contributed by atoms with Gasteiger partial charge in [-0.05, 0) is 36.6 Å². The lowest BCUT2D eigenvalue weighted by Gasteiger charge is -2.04. The van der Waals surface area contributed by atoms with Crippen LogP contribution >= 0.6 is 0 Å². The molecule has 0 aliphatic carbocycles. The van der Waals surface area contributed by atoms with Gasteiger partial charge in [0, 0.05) is 24.1 Å². The van der Waals surface area contributed by atoms with Crippen LogP contribution in [0.3, 0.4) is 0 Å². The van der Waals surface area contributed by atoms with Crippen LogP contribution in [0, 0.1) is 13.8 Å². The Bertz CT molecular complexity index is 811. The third kappa shape index (κ3) is 1.94. The summed E-state index contributed by atoms with van der Waals surface area (Å²) in [6.45, 7) is 5.82. The highest BCUT2D eigenvalue weighted by Crippen LogP contribution is 2.31. The summed E-state index contributed by atoms with van der Waals surface area (Å²) in [5.41, 5.74) is 5.78. The van der Waals surface area contributed by atoms with Gasteiger partial charge in [0.1, 0.15) is 0 Å². The topological polar surface area (TPSA) is 22.0 Å². The number of rotatable bonds is 1. The SMILES string of the molecule is CC(=O)n1cc(-c2ccc(C)c(C)c2)c2ccccc21. The van der Waals surface area contributed by atoms with Gasteiger partial charge in [-0.2, -0.15) is 0 Å². The third-order valence-electron chi connectivity index (χ3n) is 3.87. The van der Waals surface area contributed by atoms with E-state index in [4.69, 9.17) is 0 Å². The van der Waals surface area contributed by atoms with Crippen LogP contribution in [-0.4, -0.2) is 10.5 Å². The van der Waals surface area contributed by atoms with Crippen molar-refractivity contribution in [3.8, 4) is 11.1 Å². The summed E-state index contributed by atoms with van der Waals surface area (Å²) < 4.78 is 1.72. The van der Waals surface area contributed by atoms with Gasteiger partial charge in [-0.3, -0.25) is 9.36 Å². The van der Waals surface area contributed by atoms with Crippen LogP contribution in [0.25, 0.3) is 22.0 Å². The van der Waals surface area contributed by atoms with Gasteiger partial charge in [-0.25, -0.2) is 0 Å². The van der Waals surface area contributed by atoms with E-state index in [1.165, 1.54) is 11.1 Å². The van der Waals surface area contributed by atoms with Crippen molar-refractivity contribution >= 4 is 16.8 Å². The van der Waals surface area contributed by atoms with E-state index in [1.807, 2.05) is 24.4 Å². The zero-order valence-electron chi connectivity index (χ0n) is 12.0. The molecule has 0 spiro atoms. The molecule has 3 aromatic rings. The summed E-state index contributed by atoms with van der Waals surface area (Å²) in [6.07, 6.45) is 1.94. The van der Waals surface area contributed by atoms with Crippen molar-refractivity contribution in [1.29, 1.82) is 0 Å². The summed E-state index contributed by atoms with van der Waals surface area (Å²) in [5, 5.41) is 1.12. The Hall–Kier alpha value is -2.35. The molecule has 2 heteroatoms. The van der Waals surface area contributed by atoms with Gasteiger partial charge < -0.3 is 0 Å². The molecule has 0 N–H and O–H groups in total. The zero-order chi connectivity index (χ0) is 14.3. The van der Waals surface area contributed by atoms with Crippen molar-refractivity contribution < 1.29 is 4.79 Å². The minimum atomic E-state index is 0.0382. The van der Waals surface area contributed by atoms with E-state index in [2.05, 4.69) is 38.1 Å². The smallest absolute Gasteiger partial charge is 0.227 e. The van der Waals surface area contributed by atoms with E-state index in [-0.39, 0.29) is 5.91 Å². The molecule has 0 amide bonds. The summed E-state index contributed by atoms with van der Waals surface area (Å²) in [7, 11) is 0. The van der Waals surface area contributed by atoms with Crippen LogP contribution in [0.15, 0.2) is 48.7 Å². The molecule has 2 nitrogen and oxygen atoms in total. The van der Waals surface area contributed by atoms with Crippen LogP contribution < -0.4 is 0 Å². The summed E-state index contributed by atoms with van der Waals surface area (Å²) in [4.78, 5) is 11.8. The predicted molar refractivity (Wildman–Crippen MR) is 83.1 cm³/mol. The van der Waals surface area contributed by atoms with E-state index >= 15 is 0 Å². The molecule has 0 unspecified atom stereocenters. The zero-order valence-corrected chi connectivity index (χ0v) is 12.0. The molecule has 0 aliphatic rings. The Balaban J connectivity index is 2.31. The Kier molecular flexibility index (Phi) is 2.94. The fraction of sp³-hybridized carbons (Fsp3) is 0.167. The number of nitrogens with zero attached hydrogens (tertiary/aromatic N) is 1. The maximum Gasteiger partial charge on any atom is 0.227 e. The number of carbonyl (C=O) groups is 1. The molecular formula is C18H17NO. The van der Waals surface area contributed by atoms with Crippen molar-refractivity contribution in [1.82, 2.24) is 4.57 Å². The molecule has 0 saturated heterocycles. The molecule has 0 bridgehead atoms. The number of para-hydroxylation sites is 1. The van der Waals surface area contributed by atoms with Crippen LogP contribution in [-0.2, 0) is 0 Å². The number of hydrogen-bond donors (Lipinski definition) is 0. The van der Waals surface area contributed by atoms with Gasteiger partial charge in [0.25, 0.3) is 0 Å². The fourth-order valence-electron chi connectivity index (χ4n) is 2.58. The molecule has 0 saturated carbocycles. The number of benzene rings is 2. The Labute approximate surface area is 118 Å². The molecule has 1 aromatic heterocycles. The number of hydrogen-bond acceptors (Lipinski definition) is 1. The second-order valence-electron chi connectivity index (χ2n) is 5.25. The third-order valence-corrected chi connectivity index (χ3v) is 3.87. The van der Waals surface area contributed by atoms with E-state index in [0.717, 1.165) is 22.0 Å². The van der Waals surface area contributed by atoms with Crippen LogP contribution in [0.5, 0.6) is 0 Å². The first-order chi connectivity index (χ1) is 9.58. The minimum absolute atomic E-state index is 0.0382. The molecular weight excluding hydrogens is 246 g/mol. The summed E-state index contributed by atoms with van der Waals surface area (Å²) >= 11 is 0. The van der Waals surface area contributed by atoms with Gasteiger partial charge in [0.15, 0.2) is 0 Å². The van der Waals surface area contributed by atoms with Gasteiger partial charge in [0.05, 0.1) is 5.52 Å². The monoisotopic (exact) mass is 263 g/mol. The normalized spacial score (nSPS) is 10.9. The van der Waals surface area contributed by atoms with Gasteiger partial charge in [-0.1, -0.05) is 36.4 Å². The lowest BCUT2D eigenvalue weighted by molar-refractivity contribution is 0.0942. The average molecular weight is 263 g/mol. The second kappa shape index (κ2) is 4.64. The highest BCUT2D eigenvalue weighted by atomic mass is 16.1. The lowest BCUT2D eigenvalue weighted by Crippen LogP contribution is -2.02.